The summed E-state index contributed by atoms with van der Waals surface area (Å²) >= 11 is 0. The molecule has 1 N–H and O–H groups in total. The number of rotatable bonds is 6. The van der Waals surface area contributed by atoms with Crippen LogP contribution in [-0.2, 0) is 21.9 Å². The number of carbonyl (C=O) groups is 1. The predicted octanol–water partition coefficient (Wildman–Crippen LogP) is 0.510. The van der Waals surface area contributed by atoms with Crippen LogP contribution in [-0.4, -0.2) is 41.5 Å². The van der Waals surface area contributed by atoms with E-state index in [1.165, 1.54) is 10.6 Å². The third-order valence-corrected chi connectivity index (χ3v) is 4.23. The maximum absolute atomic E-state index is 12.2. The molecule has 0 spiro atoms. The molecule has 0 aliphatic carbocycles. The van der Waals surface area contributed by atoms with Crippen molar-refractivity contribution in [2.75, 3.05) is 13.1 Å². The van der Waals surface area contributed by atoms with Crippen molar-refractivity contribution in [1.82, 2.24) is 8.87 Å². The van der Waals surface area contributed by atoms with E-state index in [4.69, 9.17) is 5.11 Å². The fourth-order valence-corrected chi connectivity index (χ4v) is 3.17. The normalized spacial score (nSPS) is 11.9. The summed E-state index contributed by atoms with van der Waals surface area (Å²) in [5, 5.41) is 8.83. The van der Waals surface area contributed by atoms with Crippen LogP contribution in [0.25, 0.3) is 0 Å². The molecule has 0 unspecified atom stereocenters. The molecular formula is C10H16N2O4S. The largest absolute Gasteiger partial charge is 0.480 e. The third-order valence-electron chi connectivity index (χ3n) is 2.28. The first-order chi connectivity index (χ1) is 7.89. The SMILES string of the molecule is CCCN(CC(=O)O)S(=O)(=O)c1cccn1C. The number of hydrogen-bond acceptors (Lipinski definition) is 3. The summed E-state index contributed by atoms with van der Waals surface area (Å²) in [6.07, 6.45) is 2.18. The standard InChI is InChI=1S/C10H16N2O4S/c1-3-6-12(8-10(13)14)17(15,16)9-5-4-7-11(9)2/h4-5,7H,3,6,8H2,1-2H3,(H,13,14). The number of hydrogen-bond donors (Lipinski definition) is 1. The molecule has 0 amide bonds. The topological polar surface area (TPSA) is 79.6 Å². The zero-order valence-corrected chi connectivity index (χ0v) is 10.6. The Morgan fingerprint density at radius 1 is 1.53 bits per heavy atom. The van der Waals surface area contributed by atoms with E-state index in [1.54, 1.807) is 26.2 Å². The van der Waals surface area contributed by atoms with Gasteiger partial charge in [0.25, 0.3) is 10.0 Å². The van der Waals surface area contributed by atoms with E-state index in [0.29, 0.717) is 6.42 Å². The van der Waals surface area contributed by atoms with Gasteiger partial charge in [-0.05, 0) is 18.6 Å². The monoisotopic (exact) mass is 260 g/mol. The molecule has 0 saturated carbocycles. The van der Waals surface area contributed by atoms with Gasteiger partial charge in [-0.1, -0.05) is 6.92 Å². The van der Waals surface area contributed by atoms with Gasteiger partial charge < -0.3 is 9.67 Å². The van der Waals surface area contributed by atoms with Crippen LogP contribution in [0.1, 0.15) is 13.3 Å². The number of carboxylic acids is 1. The van der Waals surface area contributed by atoms with Crippen LogP contribution in [0.2, 0.25) is 0 Å². The first-order valence-electron chi connectivity index (χ1n) is 5.23. The van der Waals surface area contributed by atoms with Crippen LogP contribution < -0.4 is 0 Å². The summed E-state index contributed by atoms with van der Waals surface area (Å²) in [4.78, 5) is 10.7. The maximum atomic E-state index is 12.2. The number of aryl methyl sites for hydroxylation is 1. The van der Waals surface area contributed by atoms with Crippen LogP contribution in [0.3, 0.4) is 0 Å². The van der Waals surface area contributed by atoms with E-state index in [9.17, 15) is 13.2 Å². The summed E-state index contributed by atoms with van der Waals surface area (Å²) in [6, 6.07) is 3.07. The molecule has 0 bridgehead atoms. The second kappa shape index (κ2) is 5.33. The number of sulfonamides is 1. The Morgan fingerprint density at radius 3 is 2.59 bits per heavy atom. The Morgan fingerprint density at radius 2 is 2.18 bits per heavy atom. The Balaban J connectivity index is 3.08. The molecule has 0 atom stereocenters. The van der Waals surface area contributed by atoms with Crippen molar-refractivity contribution in [2.45, 2.75) is 18.4 Å². The summed E-state index contributed by atoms with van der Waals surface area (Å²) in [5.41, 5.74) is 0. The van der Waals surface area contributed by atoms with Gasteiger partial charge >= 0.3 is 5.97 Å². The number of aliphatic carboxylic acids is 1. The summed E-state index contributed by atoms with van der Waals surface area (Å²) in [5.74, 6) is -1.16. The lowest BCUT2D eigenvalue weighted by molar-refractivity contribution is -0.137. The highest BCUT2D eigenvalue weighted by atomic mass is 32.2. The smallest absolute Gasteiger partial charge is 0.318 e. The molecule has 0 radical (unpaired) electrons. The maximum Gasteiger partial charge on any atom is 0.318 e. The highest BCUT2D eigenvalue weighted by molar-refractivity contribution is 7.89. The van der Waals surface area contributed by atoms with Crippen LogP contribution in [0, 0.1) is 0 Å². The van der Waals surface area contributed by atoms with Crippen molar-refractivity contribution in [3.05, 3.63) is 18.3 Å². The fraction of sp³-hybridized carbons (Fsp3) is 0.500. The van der Waals surface area contributed by atoms with E-state index in [2.05, 4.69) is 0 Å². The molecule has 0 aliphatic heterocycles. The first-order valence-corrected chi connectivity index (χ1v) is 6.67. The molecule has 0 aromatic carbocycles. The van der Waals surface area contributed by atoms with Crippen molar-refractivity contribution >= 4 is 16.0 Å². The van der Waals surface area contributed by atoms with E-state index in [0.717, 1.165) is 4.31 Å². The van der Waals surface area contributed by atoms with Gasteiger partial charge in [0.05, 0.1) is 0 Å². The fourth-order valence-electron chi connectivity index (χ4n) is 1.53. The molecule has 1 rings (SSSR count). The Labute approximate surface area is 101 Å². The van der Waals surface area contributed by atoms with Crippen LogP contribution >= 0.6 is 0 Å². The molecule has 7 heteroatoms. The van der Waals surface area contributed by atoms with Gasteiger partial charge in [0, 0.05) is 19.8 Å². The quantitative estimate of drug-likeness (QED) is 0.808. The number of aromatic nitrogens is 1. The second-order valence-corrected chi connectivity index (χ2v) is 5.57. The van der Waals surface area contributed by atoms with Gasteiger partial charge in [-0.25, -0.2) is 8.42 Å². The Bertz CT molecular complexity index is 492. The molecule has 17 heavy (non-hydrogen) atoms. The molecule has 1 aromatic heterocycles. The molecule has 0 fully saturated rings. The summed E-state index contributed by atoms with van der Waals surface area (Å²) < 4.78 is 26.8. The van der Waals surface area contributed by atoms with Gasteiger partial charge in [0.15, 0.2) is 0 Å². The minimum atomic E-state index is -3.73. The van der Waals surface area contributed by atoms with Gasteiger partial charge in [0.1, 0.15) is 11.6 Å². The zero-order valence-electron chi connectivity index (χ0n) is 9.83. The van der Waals surface area contributed by atoms with Crippen molar-refractivity contribution in [1.29, 1.82) is 0 Å². The average molecular weight is 260 g/mol. The Kier molecular flexibility index (Phi) is 4.30. The number of carboxylic acid groups (broad SMARTS) is 1. The molecule has 6 nitrogen and oxygen atoms in total. The number of nitrogens with zero attached hydrogens (tertiary/aromatic N) is 2. The highest BCUT2D eigenvalue weighted by Crippen LogP contribution is 2.15. The molecule has 1 aromatic rings. The lowest BCUT2D eigenvalue weighted by Crippen LogP contribution is -2.37. The van der Waals surface area contributed by atoms with E-state index in [1.807, 2.05) is 0 Å². The van der Waals surface area contributed by atoms with Crippen molar-refractivity contribution in [3.63, 3.8) is 0 Å². The lowest BCUT2D eigenvalue weighted by Gasteiger charge is -2.19. The van der Waals surface area contributed by atoms with Gasteiger partial charge in [-0.15, -0.1) is 0 Å². The minimum absolute atomic E-state index is 0.104. The minimum Gasteiger partial charge on any atom is -0.480 e. The lowest BCUT2D eigenvalue weighted by atomic mass is 10.5. The molecule has 0 saturated heterocycles. The van der Waals surface area contributed by atoms with Gasteiger partial charge in [0.2, 0.25) is 0 Å². The molecule has 1 heterocycles. The van der Waals surface area contributed by atoms with Crippen molar-refractivity contribution in [2.24, 2.45) is 7.05 Å². The Hall–Kier alpha value is -1.34. The van der Waals surface area contributed by atoms with Gasteiger partial charge in [-0.2, -0.15) is 4.31 Å². The third kappa shape index (κ3) is 3.07. The van der Waals surface area contributed by atoms with E-state index in [-0.39, 0.29) is 11.6 Å². The van der Waals surface area contributed by atoms with Crippen molar-refractivity contribution < 1.29 is 18.3 Å². The molecule has 96 valence electrons. The van der Waals surface area contributed by atoms with Crippen LogP contribution in [0.5, 0.6) is 0 Å². The van der Waals surface area contributed by atoms with E-state index >= 15 is 0 Å². The summed E-state index contributed by atoms with van der Waals surface area (Å²) in [7, 11) is -2.12. The predicted molar refractivity (Wildman–Crippen MR) is 62.1 cm³/mol. The summed E-state index contributed by atoms with van der Waals surface area (Å²) in [6.45, 7) is 1.48. The first kappa shape index (κ1) is 13.7. The highest BCUT2D eigenvalue weighted by Gasteiger charge is 2.27. The average Bonchev–Trinajstić information content (AvgIpc) is 2.63. The van der Waals surface area contributed by atoms with Crippen LogP contribution in [0.15, 0.2) is 23.4 Å². The van der Waals surface area contributed by atoms with Crippen LogP contribution in [0.4, 0.5) is 0 Å². The van der Waals surface area contributed by atoms with E-state index < -0.39 is 22.5 Å². The zero-order chi connectivity index (χ0) is 13.1. The molecule has 0 aliphatic rings. The molecular weight excluding hydrogens is 244 g/mol. The van der Waals surface area contributed by atoms with Gasteiger partial charge in [-0.3, -0.25) is 4.79 Å². The second-order valence-electron chi connectivity index (χ2n) is 3.69. The van der Waals surface area contributed by atoms with Crippen molar-refractivity contribution in [3.8, 4) is 0 Å².